The summed E-state index contributed by atoms with van der Waals surface area (Å²) >= 11 is 0. The highest BCUT2D eigenvalue weighted by Crippen LogP contribution is 2.24. The first-order valence-electron chi connectivity index (χ1n) is 16.0. The van der Waals surface area contributed by atoms with Gasteiger partial charge in [0.25, 0.3) is 23.6 Å². The molecule has 47 heavy (non-hydrogen) atoms. The Bertz CT molecular complexity index is 1490. The fraction of sp³-hybridized carbons (Fsp3) is 0.333. The van der Waals surface area contributed by atoms with Crippen molar-refractivity contribution >= 4 is 35.6 Å². The number of nitrogens with one attached hydrogen (secondary N) is 1. The fourth-order valence-electron chi connectivity index (χ4n) is 5.79. The van der Waals surface area contributed by atoms with Crippen LogP contribution < -0.4 is 5.32 Å². The maximum absolute atomic E-state index is 13.3. The summed E-state index contributed by atoms with van der Waals surface area (Å²) in [5.74, 6) is -1.46. The van der Waals surface area contributed by atoms with E-state index >= 15 is 0 Å². The molecule has 0 saturated carbocycles. The number of ether oxygens (including phenoxy) is 1. The van der Waals surface area contributed by atoms with E-state index in [1.165, 1.54) is 9.80 Å². The molecule has 244 valence electrons. The van der Waals surface area contributed by atoms with E-state index in [2.05, 4.69) is 5.32 Å². The molecule has 0 unspecified atom stereocenters. The zero-order valence-corrected chi connectivity index (χ0v) is 26.2. The van der Waals surface area contributed by atoms with E-state index in [4.69, 9.17) is 4.74 Å². The number of hydrogen-bond acceptors (Lipinski definition) is 7. The van der Waals surface area contributed by atoms with Crippen LogP contribution in [0, 0.1) is 0 Å². The van der Waals surface area contributed by atoms with Crippen LogP contribution in [-0.4, -0.2) is 83.1 Å². The molecule has 6 amide bonds. The van der Waals surface area contributed by atoms with Crippen LogP contribution in [0.5, 0.6) is 0 Å². The highest BCUT2D eigenvalue weighted by Gasteiger charge is 2.36. The van der Waals surface area contributed by atoms with Gasteiger partial charge in [-0.2, -0.15) is 0 Å². The minimum absolute atomic E-state index is 0.0926. The van der Waals surface area contributed by atoms with Crippen LogP contribution in [0.25, 0.3) is 0 Å². The van der Waals surface area contributed by atoms with Crippen molar-refractivity contribution in [3.05, 3.63) is 107 Å². The number of hydrogen-bond donors (Lipinski definition) is 1. The minimum atomic E-state index is -0.493. The molecule has 0 saturated heterocycles. The highest BCUT2D eigenvalue weighted by molar-refractivity contribution is 6.22. The molecular formula is C36H38N4O7. The number of imide groups is 2. The Labute approximate surface area is 273 Å². The SMILES string of the molecule is O=C(NCCCCCC(=O)N(CCCN1C(=O)c2ccccc2C1=O)CCCN1C(=O)c2ccccc2C1=O)OCc1ccccc1. The second kappa shape index (κ2) is 15.8. The predicted molar refractivity (Wildman–Crippen MR) is 173 cm³/mol. The minimum Gasteiger partial charge on any atom is -0.445 e. The van der Waals surface area contributed by atoms with E-state index in [-0.39, 0.29) is 55.7 Å². The number of alkyl carbamates (subject to hydrolysis) is 1. The monoisotopic (exact) mass is 638 g/mol. The highest BCUT2D eigenvalue weighted by atomic mass is 16.5. The first-order valence-corrected chi connectivity index (χ1v) is 16.0. The molecule has 0 fully saturated rings. The average molecular weight is 639 g/mol. The molecule has 5 rings (SSSR count). The van der Waals surface area contributed by atoms with Crippen molar-refractivity contribution in [2.75, 3.05) is 32.7 Å². The Morgan fingerprint density at radius 2 is 1.06 bits per heavy atom. The van der Waals surface area contributed by atoms with Crippen LogP contribution in [-0.2, 0) is 16.1 Å². The van der Waals surface area contributed by atoms with E-state index in [1.54, 1.807) is 53.4 Å². The molecule has 0 aliphatic carbocycles. The molecule has 0 spiro atoms. The molecule has 0 aromatic heterocycles. The molecule has 2 aliphatic heterocycles. The van der Waals surface area contributed by atoms with E-state index in [0.29, 0.717) is 74.0 Å². The topological polar surface area (TPSA) is 133 Å². The molecule has 0 bridgehead atoms. The zero-order valence-electron chi connectivity index (χ0n) is 26.2. The smallest absolute Gasteiger partial charge is 0.407 e. The number of carbonyl (C=O) groups excluding carboxylic acids is 6. The molecule has 2 aliphatic rings. The lowest BCUT2D eigenvalue weighted by molar-refractivity contribution is -0.131. The largest absolute Gasteiger partial charge is 0.445 e. The summed E-state index contributed by atoms with van der Waals surface area (Å²) < 4.78 is 5.21. The molecule has 0 radical (unpaired) electrons. The Morgan fingerprint density at radius 3 is 1.55 bits per heavy atom. The quantitative estimate of drug-likeness (QED) is 0.178. The van der Waals surface area contributed by atoms with Gasteiger partial charge in [0.05, 0.1) is 22.3 Å². The van der Waals surface area contributed by atoms with Gasteiger partial charge in [0, 0.05) is 39.1 Å². The van der Waals surface area contributed by atoms with Crippen molar-refractivity contribution in [3.8, 4) is 0 Å². The summed E-state index contributed by atoms with van der Waals surface area (Å²) in [5, 5.41) is 2.72. The number of fused-ring (bicyclic) bond motifs is 2. The van der Waals surface area contributed by atoms with Gasteiger partial charge in [-0.05, 0) is 55.5 Å². The Balaban J connectivity index is 1.08. The van der Waals surface area contributed by atoms with E-state index < -0.39 is 6.09 Å². The number of carbonyl (C=O) groups is 6. The predicted octanol–water partition coefficient (Wildman–Crippen LogP) is 4.67. The Hall–Kier alpha value is -5.32. The summed E-state index contributed by atoms with van der Waals surface area (Å²) in [5.41, 5.74) is 2.42. The molecule has 1 N–H and O–H groups in total. The number of rotatable bonds is 16. The van der Waals surface area contributed by atoms with Crippen LogP contribution >= 0.6 is 0 Å². The van der Waals surface area contributed by atoms with E-state index in [1.807, 2.05) is 30.3 Å². The molecule has 3 aromatic carbocycles. The van der Waals surface area contributed by atoms with Gasteiger partial charge in [0.15, 0.2) is 0 Å². The van der Waals surface area contributed by atoms with Crippen molar-refractivity contribution in [2.24, 2.45) is 0 Å². The zero-order chi connectivity index (χ0) is 33.2. The van der Waals surface area contributed by atoms with E-state index in [0.717, 1.165) is 5.56 Å². The maximum atomic E-state index is 13.3. The summed E-state index contributed by atoms with van der Waals surface area (Å²) in [7, 11) is 0. The van der Waals surface area contributed by atoms with Crippen LogP contribution in [0.1, 0.15) is 85.5 Å². The second-order valence-corrected chi connectivity index (χ2v) is 11.5. The summed E-state index contributed by atoms with van der Waals surface area (Å²) in [4.78, 5) is 80.5. The Morgan fingerprint density at radius 1 is 0.596 bits per heavy atom. The van der Waals surface area contributed by atoms with Gasteiger partial charge >= 0.3 is 6.09 Å². The molecule has 3 aromatic rings. The summed E-state index contributed by atoms with van der Waals surface area (Å²) in [6, 6.07) is 22.8. The third-order valence-electron chi connectivity index (χ3n) is 8.28. The fourth-order valence-corrected chi connectivity index (χ4v) is 5.79. The van der Waals surface area contributed by atoms with Gasteiger partial charge in [-0.15, -0.1) is 0 Å². The average Bonchev–Trinajstić information content (AvgIpc) is 3.48. The maximum Gasteiger partial charge on any atom is 0.407 e. The number of nitrogens with zero attached hydrogens (tertiary/aromatic N) is 3. The molecular weight excluding hydrogens is 600 g/mol. The molecule has 11 heteroatoms. The van der Waals surface area contributed by atoms with Gasteiger partial charge in [-0.1, -0.05) is 61.0 Å². The van der Waals surface area contributed by atoms with Gasteiger partial charge in [-0.3, -0.25) is 33.8 Å². The Kier molecular flexibility index (Phi) is 11.1. The number of unbranched alkanes of at least 4 members (excludes halogenated alkanes) is 2. The first kappa shape index (κ1) is 33.1. The van der Waals surface area contributed by atoms with Crippen molar-refractivity contribution in [1.82, 2.24) is 20.0 Å². The van der Waals surface area contributed by atoms with Crippen molar-refractivity contribution < 1.29 is 33.5 Å². The van der Waals surface area contributed by atoms with Crippen molar-refractivity contribution in [1.29, 1.82) is 0 Å². The second-order valence-electron chi connectivity index (χ2n) is 11.5. The van der Waals surface area contributed by atoms with Crippen LogP contribution in [0.2, 0.25) is 0 Å². The third kappa shape index (κ3) is 8.10. The lowest BCUT2D eigenvalue weighted by atomic mass is 10.1. The molecule has 0 atom stereocenters. The van der Waals surface area contributed by atoms with E-state index in [9.17, 15) is 28.8 Å². The van der Waals surface area contributed by atoms with Crippen molar-refractivity contribution in [3.63, 3.8) is 0 Å². The normalized spacial score (nSPS) is 13.5. The summed E-state index contributed by atoms with van der Waals surface area (Å²) in [6.07, 6.45) is 2.55. The van der Waals surface area contributed by atoms with Gasteiger partial charge in [-0.25, -0.2) is 4.79 Å². The van der Waals surface area contributed by atoms with Gasteiger partial charge < -0.3 is 15.0 Å². The van der Waals surface area contributed by atoms with Crippen LogP contribution in [0.4, 0.5) is 4.79 Å². The molecule has 11 nitrogen and oxygen atoms in total. The third-order valence-corrected chi connectivity index (χ3v) is 8.28. The van der Waals surface area contributed by atoms with Crippen LogP contribution in [0.15, 0.2) is 78.9 Å². The van der Waals surface area contributed by atoms with Gasteiger partial charge in [0.2, 0.25) is 5.91 Å². The standard InChI is InChI=1S/C36H38N4O7/c41-31(19-5-2-10-20-37-36(46)47-25-26-13-3-1-4-14-26)38(21-11-23-39-32(42)27-15-6-7-16-28(27)33(39)43)22-12-24-40-34(44)29-17-8-9-18-30(29)35(40)45/h1,3-4,6-9,13-18H,2,5,10-12,19-25H2,(H,37,46). The summed E-state index contributed by atoms with van der Waals surface area (Å²) in [6.45, 7) is 1.57. The lowest BCUT2D eigenvalue weighted by Gasteiger charge is -2.25. The number of amides is 6. The van der Waals surface area contributed by atoms with Crippen LogP contribution in [0.3, 0.4) is 0 Å². The number of benzene rings is 3. The lowest BCUT2D eigenvalue weighted by Crippen LogP contribution is -2.38. The molecule has 2 heterocycles. The first-order chi connectivity index (χ1) is 22.8. The van der Waals surface area contributed by atoms with Crippen molar-refractivity contribution in [2.45, 2.75) is 45.1 Å². The van der Waals surface area contributed by atoms with Gasteiger partial charge in [0.1, 0.15) is 6.61 Å².